The zero-order valence-corrected chi connectivity index (χ0v) is 11.4. The van der Waals surface area contributed by atoms with Crippen LogP contribution in [0.15, 0.2) is 23.4 Å². The average Bonchev–Trinajstić information content (AvgIpc) is 2.46. The van der Waals surface area contributed by atoms with Crippen LogP contribution in [0, 0.1) is 5.82 Å². The number of methoxy groups -OCH3 is 1. The standard InChI is InChI=1S/C13H20FN3O3/c1-20-7-5-17(4-6-18)9-11-3-2-10(8-12(11)14)13(15)16-19/h2-3,8,18-19H,4-7,9H2,1H3,(H2,15,16). The van der Waals surface area contributed by atoms with Gasteiger partial charge in [0.2, 0.25) is 0 Å². The molecule has 0 saturated heterocycles. The number of hydrogen-bond acceptors (Lipinski definition) is 5. The van der Waals surface area contributed by atoms with E-state index in [1.165, 1.54) is 6.07 Å². The Labute approximate surface area is 117 Å². The minimum atomic E-state index is -0.436. The first-order valence-electron chi connectivity index (χ1n) is 6.20. The third-order valence-corrected chi connectivity index (χ3v) is 2.88. The van der Waals surface area contributed by atoms with E-state index in [2.05, 4.69) is 5.16 Å². The number of aliphatic hydroxyl groups is 1. The lowest BCUT2D eigenvalue weighted by Gasteiger charge is -2.21. The van der Waals surface area contributed by atoms with Crippen molar-refractivity contribution in [3.63, 3.8) is 0 Å². The van der Waals surface area contributed by atoms with Gasteiger partial charge >= 0.3 is 0 Å². The highest BCUT2D eigenvalue weighted by Gasteiger charge is 2.11. The molecule has 0 aliphatic rings. The predicted molar refractivity (Wildman–Crippen MR) is 73.1 cm³/mol. The first kappa shape index (κ1) is 16.4. The van der Waals surface area contributed by atoms with Crippen LogP contribution in [0.4, 0.5) is 4.39 Å². The lowest BCUT2D eigenvalue weighted by Crippen LogP contribution is -2.30. The van der Waals surface area contributed by atoms with Crippen LogP contribution in [0.3, 0.4) is 0 Å². The Balaban J connectivity index is 2.79. The summed E-state index contributed by atoms with van der Waals surface area (Å²) in [5.74, 6) is -0.573. The van der Waals surface area contributed by atoms with E-state index in [4.69, 9.17) is 20.8 Å². The fraction of sp³-hybridized carbons (Fsp3) is 0.462. The van der Waals surface area contributed by atoms with Gasteiger partial charge in [-0.25, -0.2) is 4.39 Å². The van der Waals surface area contributed by atoms with E-state index in [-0.39, 0.29) is 12.4 Å². The number of ether oxygens (including phenoxy) is 1. The number of aliphatic hydroxyl groups excluding tert-OH is 1. The molecule has 20 heavy (non-hydrogen) atoms. The van der Waals surface area contributed by atoms with Crippen LogP contribution >= 0.6 is 0 Å². The molecule has 0 aliphatic carbocycles. The van der Waals surface area contributed by atoms with Gasteiger partial charge in [-0.2, -0.15) is 0 Å². The monoisotopic (exact) mass is 285 g/mol. The van der Waals surface area contributed by atoms with Crippen LogP contribution in [-0.4, -0.2) is 54.5 Å². The number of hydrogen-bond donors (Lipinski definition) is 3. The number of amidine groups is 1. The molecule has 0 aromatic heterocycles. The summed E-state index contributed by atoms with van der Waals surface area (Å²) in [4.78, 5) is 1.88. The quantitative estimate of drug-likeness (QED) is 0.278. The van der Waals surface area contributed by atoms with Gasteiger partial charge < -0.3 is 20.8 Å². The Hall–Kier alpha value is -1.70. The topological polar surface area (TPSA) is 91.3 Å². The molecule has 0 radical (unpaired) electrons. The van der Waals surface area contributed by atoms with Crippen molar-refractivity contribution in [3.8, 4) is 0 Å². The molecule has 0 heterocycles. The normalized spacial score (nSPS) is 12.1. The maximum atomic E-state index is 14.0. The molecule has 6 nitrogen and oxygen atoms in total. The molecule has 0 bridgehead atoms. The predicted octanol–water partition coefficient (Wildman–Crippen LogP) is 0.361. The molecule has 0 atom stereocenters. The third kappa shape index (κ3) is 4.76. The first-order valence-corrected chi connectivity index (χ1v) is 6.20. The smallest absolute Gasteiger partial charge is 0.170 e. The molecule has 1 aromatic rings. The van der Waals surface area contributed by atoms with E-state index < -0.39 is 5.82 Å². The zero-order valence-electron chi connectivity index (χ0n) is 11.4. The van der Waals surface area contributed by atoms with Gasteiger partial charge in [0.15, 0.2) is 5.84 Å². The van der Waals surface area contributed by atoms with Crippen LogP contribution in [0.25, 0.3) is 0 Å². The van der Waals surface area contributed by atoms with Crippen molar-refractivity contribution in [3.05, 3.63) is 35.1 Å². The number of oxime groups is 1. The van der Waals surface area contributed by atoms with Crippen molar-refractivity contribution >= 4 is 5.84 Å². The lowest BCUT2D eigenvalue weighted by atomic mass is 10.1. The van der Waals surface area contributed by atoms with E-state index in [1.807, 2.05) is 4.90 Å². The van der Waals surface area contributed by atoms with Gasteiger partial charge in [0, 0.05) is 37.9 Å². The van der Waals surface area contributed by atoms with Crippen molar-refractivity contribution in [2.75, 3.05) is 33.4 Å². The maximum Gasteiger partial charge on any atom is 0.170 e. The lowest BCUT2D eigenvalue weighted by molar-refractivity contribution is 0.126. The second-order valence-corrected chi connectivity index (χ2v) is 4.28. The van der Waals surface area contributed by atoms with Crippen LogP contribution in [0.2, 0.25) is 0 Å². The van der Waals surface area contributed by atoms with Crippen molar-refractivity contribution in [1.29, 1.82) is 0 Å². The third-order valence-electron chi connectivity index (χ3n) is 2.88. The number of nitrogens with two attached hydrogens (primary N) is 1. The van der Waals surface area contributed by atoms with Gasteiger partial charge in [0.05, 0.1) is 13.2 Å². The summed E-state index contributed by atoms with van der Waals surface area (Å²) in [5, 5.41) is 20.4. The Morgan fingerprint density at radius 2 is 2.20 bits per heavy atom. The van der Waals surface area contributed by atoms with Gasteiger partial charge in [0.1, 0.15) is 5.82 Å². The van der Waals surface area contributed by atoms with Crippen LogP contribution in [-0.2, 0) is 11.3 Å². The molecule has 0 aliphatic heterocycles. The van der Waals surface area contributed by atoms with Gasteiger partial charge in [-0.3, -0.25) is 4.90 Å². The van der Waals surface area contributed by atoms with E-state index >= 15 is 0 Å². The Morgan fingerprint density at radius 3 is 2.75 bits per heavy atom. The molecule has 0 spiro atoms. The maximum absolute atomic E-state index is 14.0. The molecule has 4 N–H and O–H groups in total. The molecular weight excluding hydrogens is 265 g/mol. The molecule has 0 unspecified atom stereocenters. The minimum Gasteiger partial charge on any atom is -0.409 e. The summed E-state index contributed by atoms with van der Waals surface area (Å²) in [6.07, 6.45) is 0. The first-order chi connectivity index (χ1) is 9.62. The van der Waals surface area contributed by atoms with Gasteiger partial charge in [-0.05, 0) is 6.07 Å². The number of nitrogens with zero attached hydrogens (tertiary/aromatic N) is 2. The van der Waals surface area contributed by atoms with E-state index in [9.17, 15) is 4.39 Å². The summed E-state index contributed by atoms with van der Waals surface area (Å²) in [5.41, 5.74) is 6.20. The average molecular weight is 285 g/mol. The van der Waals surface area contributed by atoms with Crippen molar-refractivity contribution in [2.45, 2.75) is 6.54 Å². The molecule has 1 aromatic carbocycles. The summed E-state index contributed by atoms with van der Waals surface area (Å²) in [7, 11) is 1.59. The Morgan fingerprint density at radius 1 is 1.45 bits per heavy atom. The van der Waals surface area contributed by atoms with E-state index in [1.54, 1.807) is 19.2 Å². The van der Waals surface area contributed by atoms with Gasteiger partial charge in [-0.15, -0.1) is 0 Å². The molecular formula is C13H20FN3O3. The highest BCUT2D eigenvalue weighted by molar-refractivity contribution is 5.97. The van der Waals surface area contributed by atoms with E-state index in [0.29, 0.717) is 37.4 Å². The fourth-order valence-corrected chi connectivity index (χ4v) is 1.77. The Bertz CT molecular complexity index is 454. The second-order valence-electron chi connectivity index (χ2n) is 4.28. The van der Waals surface area contributed by atoms with E-state index in [0.717, 1.165) is 0 Å². The van der Waals surface area contributed by atoms with Crippen LogP contribution in [0.1, 0.15) is 11.1 Å². The molecule has 0 saturated carbocycles. The van der Waals surface area contributed by atoms with Gasteiger partial charge in [0.25, 0.3) is 0 Å². The van der Waals surface area contributed by atoms with Crippen LogP contribution < -0.4 is 5.73 Å². The summed E-state index contributed by atoms with van der Waals surface area (Å²) in [6.45, 7) is 1.88. The number of rotatable bonds is 8. The molecule has 7 heteroatoms. The zero-order chi connectivity index (χ0) is 15.0. The summed E-state index contributed by atoms with van der Waals surface area (Å²) in [6, 6.07) is 4.39. The number of halogens is 1. The van der Waals surface area contributed by atoms with Crippen molar-refractivity contribution in [2.24, 2.45) is 10.9 Å². The minimum absolute atomic E-state index is 0.00641. The molecule has 0 fully saturated rings. The summed E-state index contributed by atoms with van der Waals surface area (Å²) < 4.78 is 18.9. The van der Waals surface area contributed by atoms with Crippen molar-refractivity contribution in [1.82, 2.24) is 4.90 Å². The molecule has 0 amide bonds. The van der Waals surface area contributed by atoms with Crippen LogP contribution in [0.5, 0.6) is 0 Å². The fourth-order valence-electron chi connectivity index (χ4n) is 1.77. The van der Waals surface area contributed by atoms with Crippen molar-refractivity contribution < 1.29 is 19.4 Å². The highest BCUT2D eigenvalue weighted by Crippen LogP contribution is 2.13. The Kier molecular flexibility index (Phi) is 6.92. The largest absolute Gasteiger partial charge is 0.409 e. The summed E-state index contributed by atoms with van der Waals surface area (Å²) >= 11 is 0. The molecule has 1 rings (SSSR count). The number of benzene rings is 1. The van der Waals surface area contributed by atoms with Gasteiger partial charge in [-0.1, -0.05) is 17.3 Å². The SMILES string of the molecule is COCCN(CCO)Cc1ccc(/C(N)=N/O)cc1F. The second kappa shape index (κ2) is 8.47. The molecule has 112 valence electrons. The highest BCUT2D eigenvalue weighted by atomic mass is 19.1.